The Balaban J connectivity index is 2.05. The van der Waals surface area contributed by atoms with Gasteiger partial charge in [0, 0.05) is 24.9 Å². The molecule has 2 aromatic carbocycles. The van der Waals surface area contributed by atoms with E-state index in [0.717, 1.165) is 11.3 Å². The predicted molar refractivity (Wildman–Crippen MR) is 72.5 cm³/mol. The molecule has 0 fully saturated rings. The van der Waals surface area contributed by atoms with Gasteiger partial charge in [0.25, 0.3) is 0 Å². The van der Waals surface area contributed by atoms with Crippen molar-refractivity contribution >= 4 is 5.69 Å². The zero-order valence-electron chi connectivity index (χ0n) is 10.7. The van der Waals surface area contributed by atoms with Crippen LogP contribution >= 0.6 is 0 Å². The molecular weight excluding hydrogens is 245 g/mol. The fourth-order valence-electron chi connectivity index (χ4n) is 1.83. The van der Waals surface area contributed by atoms with Crippen molar-refractivity contribution < 1.29 is 14.2 Å². The van der Waals surface area contributed by atoms with Crippen LogP contribution in [0, 0.1) is 5.82 Å². The molecule has 0 aromatic heterocycles. The van der Waals surface area contributed by atoms with Crippen LogP contribution in [-0.4, -0.2) is 12.2 Å². The van der Waals surface area contributed by atoms with Crippen LogP contribution in [0.1, 0.15) is 11.1 Å². The molecule has 0 aliphatic carbocycles. The molecule has 0 unspecified atom stereocenters. The molecular formula is C15H16FNO2. The first-order valence-corrected chi connectivity index (χ1v) is 5.98. The van der Waals surface area contributed by atoms with Crippen LogP contribution in [0.5, 0.6) is 5.75 Å². The number of benzene rings is 2. The highest BCUT2D eigenvalue weighted by Crippen LogP contribution is 2.20. The largest absolute Gasteiger partial charge is 0.508 e. The van der Waals surface area contributed by atoms with Crippen LogP contribution in [0.15, 0.2) is 42.5 Å². The van der Waals surface area contributed by atoms with Gasteiger partial charge in [0.05, 0.1) is 6.61 Å². The molecule has 4 heteroatoms. The molecule has 100 valence electrons. The van der Waals surface area contributed by atoms with Crippen molar-refractivity contribution in [3.63, 3.8) is 0 Å². The van der Waals surface area contributed by atoms with Gasteiger partial charge in [-0.15, -0.1) is 0 Å². The number of phenolic OH excluding ortho intramolecular Hbond substituents is 1. The second-order valence-electron chi connectivity index (χ2n) is 4.26. The van der Waals surface area contributed by atoms with E-state index < -0.39 is 0 Å². The van der Waals surface area contributed by atoms with Gasteiger partial charge < -0.3 is 15.2 Å². The highest BCUT2D eigenvalue weighted by Gasteiger charge is 2.03. The van der Waals surface area contributed by atoms with Crippen LogP contribution in [0.25, 0.3) is 0 Å². The number of methoxy groups -OCH3 is 1. The predicted octanol–water partition coefficient (Wildman–Crippen LogP) is 3.29. The number of anilines is 1. The average Bonchev–Trinajstić information content (AvgIpc) is 2.41. The monoisotopic (exact) mass is 261 g/mol. The summed E-state index contributed by atoms with van der Waals surface area (Å²) in [5.41, 5.74) is 2.48. The Morgan fingerprint density at radius 1 is 1.21 bits per heavy atom. The SMILES string of the molecule is COCc1cccc(NCc2cc(F)ccc2O)c1. The van der Waals surface area contributed by atoms with Crippen LogP contribution in [0.2, 0.25) is 0 Å². The standard InChI is InChI=1S/C15H16FNO2/c1-19-10-11-3-2-4-14(7-11)17-9-12-8-13(16)5-6-15(12)18/h2-8,17-18H,9-10H2,1H3. The molecule has 0 spiro atoms. The second kappa shape index (κ2) is 6.20. The molecule has 0 bridgehead atoms. The Morgan fingerprint density at radius 2 is 2.05 bits per heavy atom. The van der Waals surface area contributed by atoms with Gasteiger partial charge in [-0.3, -0.25) is 0 Å². The number of nitrogens with one attached hydrogen (secondary N) is 1. The van der Waals surface area contributed by atoms with Crippen molar-refractivity contribution in [2.45, 2.75) is 13.2 Å². The van der Waals surface area contributed by atoms with Gasteiger partial charge in [0.2, 0.25) is 0 Å². The number of hydrogen-bond donors (Lipinski definition) is 2. The highest BCUT2D eigenvalue weighted by molar-refractivity contribution is 5.47. The Labute approximate surface area is 111 Å². The van der Waals surface area contributed by atoms with Crippen LogP contribution in [0.3, 0.4) is 0 Å². The summed E-state index contributed by atoms with van der Waals surface area (Å²) in [4.78, 5) is 0. The lowest BCUT2D eigenvalue weighted by atomic mass is 10.1. The molecule has 2 aromatic rings. The summed E-state index contributed by atoms with van der Waals surface area (Å²) < 4.78 is 18.1. The zero-order valence-corrected chi connectivity index (χ0v) is 10.7. The van der Waals surface area contributed by atoms with E-state index in [2.05, 4.69) is 5.32 Å². The van der Waals surface area contributed by atoms with Gasteiger partial charge in [-0.25, -0.2) is 4.39 Å². The lowest BCUT2D eigenvalue weighted by Gasteiger charge is -2.09. The Kier molecular flexibility index (Phi) is 4.36. The van der Waals surface area contributed by atoms with Gasteiger partial charge in [-0.2, -0.15) is 0 Å². The average molecular weight is 261 g/mol. The Bertz CT molecular complexity index is 558. The molecule has 0 aliphatic rings. The van der Waals surface area contributed by atoms with E-state index in [9.17, 15) is 9.50 Å². The molecule has 0 saturated heterocycles. The second-order valence-corrected chi connectivity index (χ2v) is 4.26. The van der Waals surface area contributed by atoms with Crippen molar-refractivity contribution in [2.75, 3.05) is 12.4 Å². The van der Waals surface area contributed by atoms with Crippen molar-refractivity contribution in [1.29, 1.82) is 0 Å². The third-order valence-corrected chi connectivity index (χ3v) is 2.76. The normalized spacial score (nSPS) is 10.4. The van der Waals surface area contributed by atoms with E-state index in [4.69, 9.17) is 4.74 Å². The minimum Gasteiger partial charge on any atom is -0.508 e. The number of halogens is 1. The fraction of sp³-hybridized carbons (Fsp3) is 0.200. The summed E-state index contributed by atoms with van der Waals surface area (Å²) in [6.45, 7) is 0.904. The number of ether oxygens (including phenoxy) is 1. The van der Waals surface area contributed by atoms with Gasteiger partial charge in [-0.05, 0) is 35.9 Å². The van der Waals surface area contributed by atoms with Gasteiger partial charge in [0.15, 0.2) is 0 Å². The summed E-state index contributed by atoms with van der Waals surface area (Å²) in [5.74, 6) is -0.273. The van der Waals surface area contributed by atoms with E-state index in [-0.39, 0.29) is 11.6 Å². The highest BCUT2D eigenvalue weighted by atomic mass is 19.1. The molecule has 2 rings (SSSR count). The van der Waals surface area contributed by atoms with E-state index >= 15 is 0 Å². The minimum atomic E-state index is -0.359. The summed E-state index contributed by atoms with van der Waals surface area (Å²) in [5, 5.41) is 12.8. The molecule has 0 aliphatic heterocycles. The first kappa shape index (κ1) is 13.4. The molecule has 19 heavy (non-hydrogen) atoms. The van der Waals surface area contributed by atoms with E-state index in [1.165, 1.54) is 18.2 Å². The van der Waals surface area contributed by atoms with Crippen molar-refractivity contribution in [1.82, 2.24) is 0 Å². The summed E-state index contributed by atoms with van der Waals surface area (Å²) in [6.07, 6.45) is 0. The van der Waals surface area contributed by atoms with Crippen LogP contribution < -0.4 is 5.32 Å². The van der Waals surface area contributed by atoms with Crippen LogP contribution in [0.4, 0.5) is 10.1 Å². The molecule has 0 heterocycles. The van der Waals surface area contributed by atoms with Gasteiger partial charge in [-0.1, -0.05) is 12.1 Å². The third-order valence-electron chi connectivity index (χ3n) is 2.76. The van der Waals surface area contributed by atoms with E-state index in [1.807, 2.05) is 24.3 Å². The quantitative estimate of drug-likeness (QED) is 0.867. The smallest absolute Gasteiger partial charge is 0.123 e. The maximum atomic E-state index is 13.1. The number of aromatic hydroxyl groups is 1. The van der Waals surface area contributed by atoms with Crippen molar-refractivity contribution in [2.24, 2.45) is 0 Å². The first-order chi connectivity index (χ1) is 9.19. The minimum absolute atomic E-state index is 0.0851. The van der Waals surface area contributed by atoms with E-state index in [0.29, 0.717) is 18.7 Å². The number of rotatable bonds is 5. The van der Waals surface area contributed by atoms with Crippen LogP contribution in [-0.2, 0) is 17.9 Å². The molecule has 0 saturated carbocycles. The Hall–Kier alpha value is -2.07. The number of hydrogen-bond acceptors (Lipinski definition) is 3. The molecule has 0 radical (unpaired) electrons. The van der Waals surface area contributed by atoms with Crippen molar-refractivity contribution in [3.05, 3.63) is 59.4 Å². The van der Waals surface area contributed by atoms with Gasteiger partial charge >= 0.3 is 0 Å². The van der Waals surface area contributed by atoms with Gasteiger partial charge in [0.1, 0.15) is 11.6 Å². The molecule has 3 nitrogen and oxygen atoms in total. The third kappa shape index (κ3) is 3.69. The molecule has 0 atom stereocenters. The first-order valence-electron chi connectivity index (χ1n) is 5.98. The lowest BCUT2D eigenvalue weighted by molar-refractivity contribution is 0.185. The molecule has 2 N–H and O–H groups in total. The maximum absolute atomic E-state index is 13.1. The summed E-state index contributed by atoms with van der Waals surface area (Å²) >= 11 is 0. The zero-order chi connectivity index (χ0) is 13.7. The maximum Gasteiger partial charge on any atom is 0.123 e. The fourth-order valence-corrected chi connectivity index (χ4v) is 1.83. The topological polar surface area (TPSA) is 41.5 Å². The summed E-state index contributed by atoms with van der Waals surface area (Å²) in [6, 6.07) is 11.7. The summed E-state index contributed by atoms with van der Waals surface area (Å²) in [7, 11) is 1.64. The lowest BCUT2D eigenvalue weighted by Crippen LogP contribution is -2.01. The van der Waals surface area contributed by atoms with E-state index in [1.54, 1.807) is 7.11 Å². The number of phenols is 1. The molecule has 0 amide bonds. The van der Waals surface area contributed by atoms with Crippen molar-refractivity contribution in [3.8, 4) is 5.75 Å². The Morgan fingerprint density at radius 3 is 2.84 bits per heavy atom.